The van der Waals surface area contributed by atoms with E-state index in [0.717, 1.165) is 50.5 Å². The van der Waals surface area contributed by atoms with E-state index in [1.807, 2.05) is 30.3 Å². The molecule has 1 aliphatic heterocycles. The summed E-state index contributed by atoms with van der Waals surface area (Å²) < 4.78 is 5.87. The van der Waals surface area contributed by atoms with Crippen LogP contribution in [-0.2, 0) is 6.42 Å². The zero-order valence-electron chi connectivity index (χ0n) is 16.2. The van der Waals surface area contributed by atoms with Crippen LogP contribution in [-0.4, -0.2) is 50.5 Å². The van der Waals surface area contributed by atoms with Crippen LogP contribution in [0.25, 0.3) is 0 Å². The molecule has 27 heavy (non-hydrogen) atoms. The van der Waals surface area contributed by atoms with Gasteiger partial charge in [0.15, 0.2) is 0 Å². The number of hydrogen-bond donors (Lipinski definition) is 2. The van der Waals surface area contributed by atoms with Crippen molar-refractivity contribution in [2.45, 2.75) is 19.4 Å². The average Bonchev–Trinajstić information content (AvgIpc) is 2.69. The molecule has 0 radical (unpaired) electrons. The molecular formula is C23H31N2O2+. The molecule has 3 rings (SSSR count). The van der Waals surface area contributed by atoms with Crippen LogP contribution in [0.5, 0.6) is 5.75 Å². The topological polar surface area (TPSA) is 37.1 Å². The number of aryl methyl sites for hydroxylation is 1. The van der Waals surface area contributed by atoms with Gasteiger partial charge in [0.2, 0.25) is 0 Å². The van der Waals surface area contributed by atoms with Gasteiger partial charge in [-0.3, -0.25) is 0 Å². The number of aliphatic hydroxyl groups excluding tert-OH is 1. The van der Waals surface area contributed by atoms with E-state index in [4.69, 9.17) is 4.74 Å². The molecule has 0 aliphatic carbocycles. The summed E-state index contributed by atoms with van der Waals surface area (Å²) in [5.74, 6) is 0.843. The fourth-order valence-electron chi connectivity index (χ4n) is 3.59. The van der Waals surface area contributed by atoms with Gasteiger partial charge in [-0.05, 0) is 37.1 Å². The van der Waals surface area contributed by atoms with E-state index in [-0.39, 0.29) is 0 Å². The minimum Gasteiger partial charge on any atom is -0.490 e. The van der Waals surface area contributed by atoms with Crippen molar-refractivity contribution >= 4 is 5.69 Å². The van der Waals surface area contributed by atoms with Crippen molar-refractivity contribution in [2.75, 3.05) is 44.2 Å². The molecule has 144 valence electrons. The largest absolute Gasteiger partial charge is 0.490 e. The fourth-order valence-corrected chi connectivity index (χ4v) is 3.59. The molecule has 4 nitrogen and oxygen atoms in total. The number of piperazine rings is 1. The molecule has 1 saturated heterocycles. The summed E-state index contributed by atoms with van der Waals surface area (Å²) >= 11 is 0. The van der Waals surface area contributed by atoms with Crippen molar-refractivity contribution in [1.82, 2.24) is 0 Å². The molecule has 1 heterocycles. The van der Waals surface area contributed by atoms with E-state index in [1.165, 1.54) is 16.2 Å². The summed E-state index contributed by atoms with van der Waals surface area (Å²) in [4.78, 5) is 3.87. The van der Waals surface area contributed by atoms with E-state index in [9.17, 15) is 5.11 Å². The molecule has 0 bridgehead atoms. The molecular weight excluding hydrogens is 336 g/mol. The van der Waals surface area contributed by atoms with Crippen molar-refractivity contribution in [1.29, 1.82) is 0 Å². The number of allylic oxidation sites excluding steroid dienone is 1. The van der Waals surface area contributed by atoms with Crippen molar-refractivity contribution in [3.8, 4) is 5.75 Å². The Bertz CT molecular complexity index is 721. The highest BCUT2D eigenvalue weighted by Crippen LogP contribution is 2.19. The summed E-state index contributed by atoms with van der Waals surface area (Å²) in [5, 5.41) is 10.4. The lowest BCUT2D eigenvalue weighted by atomic mass is 10.1. The number of aliphatic hydroxyl groups is 1. The molecule has 2 N–H and O–H groups in total. The number of benzene rings is 2. The first-order valence-corrected chi connectivity index (χ1v) is 9.80. The lowest BCUT2D eigenvalue weighted by Crippen LogP contribution is -3.16. The van der Waals surface area contributed by atoms with Crippen LogP contribution < -0.4 is 14.5 Å². The number of anilines is 1. The molecule has 1 aliphatic rings. The van der Waals surface area contributed by atoms with Gasteiger partial charge in [0, 0.05) is 5.69 Å². The molecule has 4 heteroatoms. The number of para-hydroxylation sites is 1. The van der Waals surface area contributed by atoms with E-state index < -0.39 is 6.10 Å². The molecule has 0 saturated carbocycles. The zero-order valence-corrected chi connectivity index (χ0v) is 16.2. The van der Waals surface area contributed by atoms with Gasteiger partial charge in [0.1, 0.15) is 25.0 Å². The Hall–Kier alpha value is -2.30. The third-order valence-electron chi connectivity index (χ3n) is 5.16. The van der Waals surface area contributed by atoms with Crippen LogP contribution >= 0.6 is 0 Å². The normalized spacial score (nSPS) is 16.1. The molecule has 0 spiro atoms. The van der Waals surface area contributed by atoms with Crippen molar-refractivity contribution in [2.24, 2.45) is 0 Å². The molecule has 0 aromatic heterocycles. The van der Waals surface area contributed by atoms with E-state index >= 15 is 0 Å². The summed E-state index contributed by atoms with van der Waals surface area (Å²) in [6.45, 7) is 11.1. The second-order valence-electron chi connectivity index (χ2n) is 7.34. The molecule has 2 aromatic rings. The SMILES string of the molecule is C=CCc1ccccc1OC[C@@H](O)C[NH+]1CCN(c2ccc(C)cc2)CC1. The third-order valence-corrected chi connectivity index (χ3v) is 5.16. The molecule has 2 aromatic carbocycles. The van der Waals surface area contributed by atoms with Gasteiger partial charge < -0.3 is 19.6 Å². The maximum Gasteiger partial charge on any atom is 0.137 e. The number of nitrogens with one attached hydrogen (secondary N) is 1. The van der Waals surface area contributed by atoms with Gasteiger partial charge in [-0.2, -0.15) is 0 Å². The lowest BCUT2D eigenvalue weighted by molar-refractivity contribution is -0.903. The number of ether oxygens (including phenoxy) is 1. The average molecular weight is 368 g/mol. The third kappa shape index (κ3) is 5.59. The summed E-state index contributed by atoms with van der Waals surface area (Å²) in [6, 6.07) is 16.7. The highest BCUT2D eigenvalue weighted by molar-refractivity contribution is 5.47. The Morgan fingerprint density at radius 1 is 1.15 bits per heavy atom. The number of nitrogens with zero attached hydrogens (tertiary/aromatic N) is 1. The van der Waals surface area contributed by atoms with Crippen molar-refractivity contribution in [3.05, 3.63) is 72.3 Å². The number of rotatable bonds is 8. The summed E-state index contributed by atoms with van der Waals surface area (Å²) in [7, 11) is 0. The van der Waals surface area contributed by atoms with Crippen molar-refractivity contribution < 1.29 is 14.7 Å². The van der Waals surface area contributed by atoms with Crippen LogP contribution in [0.3, 0.4) is 0 Å². The Morgan fingerprint density at radius 2 is 1.85 bits per heavy atom. The number of quaternary nitrogens is 1. The van der Waals surface area contributed by atoms with Crippen LogP contribution in [0.15, 0.2) is 61.2 Å². The van der Waals surface area contributed by atoms with Gasteiger partial charge in [0.05, 0.1) is 26.2 Å². The molecule has 1 atom stereocenters. The Labute approximate surface area is 162 Å². The predicted octanol–water partition coefficient (Wildman–Crippen LogP) is 1.87. The monoisotopic (exact) mass is 367 g/mol. The first-order valence-electron chi connectivity index (χ1n) is 9.80. The maximum absolute atomic E-state index is 10.4. The van der Waals surface area contributed by atoms with Crippen LogP contribution in [0.2, 0.25) is 0 Å². The zero-order chi connectivity index (χ0) is 19.1. The standard InChI is InChI=1S/C23H30N2O2/c1-3-6-20-7-4-5-8-23(20)27-18-22(26)17-24-13-15-25(16-14-24)21-11-9-19(2)10-12-21/h3-5,7-12,22,26H,1,6,13-18H2,2H3/p+1/t22-/m0/s1. The minimum atomic E-state index is -0.456. The maximum atomic E-state index is 10.4. The van der Waals surface area contributed by atoms with Crippen LogP contribution in [0.1, 0.15) is 11.1 Å². The van der Waals surface area contributed by atoms with Gasteiger partial charge in [-0.15, -0.1) is 6.58 Å². The Kier molecular flexibility index (Phi) is 6.91. The van der Waals surface area contributed by atoms with Crippen LogP contribution in [0.4, 0.5) is 5.69 Å². The van der Waals surface area contributed by atoms with Crippen molar-refractivity contribution in [3.63, 3.8) is 0 Å². The highest BCUT2D eigenvalue weighted by Gasteiger charge is 2.23. The first kappa shape index (κ1) is 19.5. The molecule has 1 fully saturated rings. The van der Waals surface area contributed by atoms with Crippen LogP contribution in [0, 0.1) is 6.92 Å². The lowest BCUT2D eigenvalue weighted by Gasteiger charge is -2.34. The number of hydrogen-bond acceptors (Lipinski definition) is 3. The van der Waals surface area contributed by atoms with E-state index in [1.54, 1.807) is 0 Å². The second-order valence-corrected chi connectivity index (χ2v) is 7.34. The summed E-state index contributed by atoms with van der Waals surface area (Å²) in [5.41, 5.74) is 3.70. The van der Waals surface area contributed by atoms with E-state index in [2.05, 4.69) is 42.7 Å². The molecule has 0 unspecified atom stereocenters. The summed E-state index contributed by atoms with van der Waals surface area (Å²) in [6.07, 6.45) is 2.19. The van der Waals surface area contributed by atoms with Gasteiger partial charge in [0.25, 0.3) is 0 Å². The predicted molar refractivity (Wildman–Crippen MR) is 111 cm³/mol. The molecule has 0 amide bonds. The quantitative estimate of drug-likeness (QED) is 0.700. The highest BCUT2D eigenvalue weighted by atomic mass is 16.5. The Balaban J connectivity index is 1.44. The second kappa shape index (κ2) is 9.58. The van der Waals surface area contributed by atoms with E-state index in [0.29, 0.717) is 6.61 Å². The fraction of sp³-hybridized carbons (Fsp3) is 0.391. The first-order chi connectivity index (χ1) is 13.2. The van der Waals surface area contributed by atoms with Gasteiger partial charge in [-0.1, -0.05) is 42.0 Å². The van der Waals surface area contributed by atoms with Gasteiger partial charge >= 0.3 is 0 Å². The smallest absolute Gasteiger partial charge is 0.137 e. The minimum absolute atomic E-state index is 0.333. The van der Waals surface area contributed by atoms with Gasteiger partial charge in [-0.25, -0.2) is 0 Å². The Morgan fingerprint density at radius 3 is 2.56 bits per heavy atom.